The molecule has 4 heteroatoms. The van der Waals surface area contributed by atoms with Gasteiger partial charge in [0, 0.05) is 44.8 Å². The van der Waals surface area contributed by atoms with Gasteiger partial charge in [-0.3, -0.25) is 14.7 Å². The second kappa shape index (κ2) is 5.91. The molecule has 0 N–H and O–H groups in total. The van der Waals surface area contributed by atoms with Gasteiger partial charge >= 0.3 is 0 Å². The molecule has 4 rings (SSSR count). The van der Waals surface area contributed by atoms with Crippen LogP contribution in [0, 0.1) is 0 Å². The summed E-state index contributed by atoms with van der Waals surface area (Å²) < 4.78 is 6.13. The van der Waals surface area contributed by atoms with E-state index in [2.05, 4.69) is 14.7 Å². The lowest BCUT2D eigenvalue weighted by molar-refractivity contribution is -0.0700. The Morgan fingerprint density at radius 2 is 1.70 bits per heavy atom. The summed E-state index contributed by atoms with van der Waals surface area (Å²) in [6.45, 7) is 9.78. The SMILES string of the molecule is C1CCN2CCN(CC3CN4CCCC4CO3)CC2C1. The van der Waals surface area contributed by atoms with Crippen LogP contribution in [0.3, 0.4) is 0 Å². The zero-order valence-electron chi connectivity index (χ0n) is 12.7. The highest BCUT2D eigenvalue weighted by Crippen LogP contribution is 2.25. The molecule has 4 saturated heterocycles. The average molecular weight is 279 g/mol. The summed E-state index contributed by atoms with van der Waals surface area (Å²) in [5, 5.41) is 0. The molecule has 0 spiro atoms. The van der Waals surface area contributed by atoms with Crippen molar-refractivity contribution >= 4 is 0 Å². The molecule has 3 atom stereocenters. The van der Waals surface area contributed by atoms with Crippen LogP contribution in [-0.2, 0) is 4.74 Å². The van der Waals surface area contributed by atoms with Crippen LogP contribution >= 0.6 is 0 Å². The Morgan fingerprint density at radius 3 is 2.70 bits per heavy atom. The predicted molar refractivity (Wildman–Crippen MR) is 80.0 cm³/mol. The second-order valence-corrected chi connectivity index (χ2v) is 7.19. The molecule has 0 aromatic rings. The van der Waals surface area contributed by atoms with E-state index in [1.807, 2.05) is 0 Å². The summed E-state index contributed by atoms with van der Waals surface area (Å²) >= 11 is 0. The zero-order valence-corrected chi connectivity index (χ0v) is 12.7. The number of hydrogen-bond donors (Lipinski definition) is 0. The van der Waals surface area contributed by atoms with E-state index < -0.39 is 0 Å². The number of piperazine rings is 1. The van der Waals surface area contributed by atoms with E-state index in [0.29, 0.717) is 6.10 Å². The third-order valence-electron chi connectivity index (χ3n) is 5.84. The summed E-state index contributed by atoms with van der Waals surface area (Å²) in [5.74, 6) is 0. The molecule has 0 saturated carbocycles. The summed E-state index contributed by atoms with van der Waals surface area (Å²) in [6.07, 6.45) is 7.45. The largest absolute Gasteiger partial charge is 0.374 e. The first-order chi connectivity index (χ1) is 9.88. The van der Waals surface area contributed by atoms with Crippen molar-refractivity contribution in [2.75, 3.05) is 52.4 Å². The van der Waals surface area contributed by atoms with E-state index in [4.69, 9.17) is 4.74 Å². The van der Waals surface area contributed by atoms with Gasteiger partial charge in [0.2, 0.25) is 0 Å². The smallest absolute Gasteiger partial charge is 0.0829 e. The van der Waals surface area contributed by atoms with Gasteiger partial charge in [0.25, 0.3) is 0 Å². The molecule has 0 bridgehead atoms. The highest BCUT2D eigenvalue weighted by atomic mass is 16.5. The topological polar surface area (TPSA) is 19.0 Å². The number of piperidine rings is 1. The minimum atomic E-state index is 0.458. The second-order valence-electron chi connectivity index (χ2n) is 7.19. The van der Waals surface area contributed by atoms with Crippen LogP contribution in [0.25, 0.3) is 0 Å². The Kier molecular flexibility index (Phi) is 3.99. The van der Waals surface area contributed by atoms with Crippen LogP contribution in [0.2, 0.25) is 0 Å². The number of morpholine rings is 1. The van der Waals surface area contributed by atoms with Crippen LogP contribution in [0.4, 0.5) is 0 Å². The fourth-order valence-electron chi connectivity index (χ4n) is 4.67. The molecule has 0 aromatic heterocycles. The number of nitrogens with zero attached hydrogens (tertiary/aromatic N) is 3. The lowest BCUT2D eigenvalue weighted by atomic mass is 9.99. The monoisotopic (exact) mass is 279 g/mol. The lowest BCUT2D eigenvalue weighted by Crippen LogP contribution is -2.57. The van der Waals surface area contributed by atoms with Gasteiger partial charge in [-0.1, -0.05) is 6.42 Å². The van der Waals surface area contributed by atoms with Crippen LogP contribution in [0.15, 0.2) is 0 Å². The summed E-state index contributed by atoms with van der Waals surface area (Å²) in [4.78, 5) is 8.07. The van der Waals surface area contributed by atoms with Crippen LogP contribution in [0.5, 0.6) is 0 Å². The fourth-order valence-corrected chi connectivity index (χ4v) is 4.67. The third kappa shape index (κ3) is 2.76. The van der Waals surface area contributed by atoms with Gasteiger partial charge in [0.05, 0.1) is 12.7 Å². The predicted octanol–water partition coefficient (Wildman–Crippen LogP) is 1.02. The molecular weight excluding hydrogens is 250 g/mol. The van der Waals surface area contributed by atoms with Gasteiger partial charge in [-0.25, -0.2) is 0 Å². The van der Waals surface area contributed by atoms with Gasteiger partial charge in [-0.05, 0) is 38.8 Å². The minimum absolute atomic E-state index is 0.458. The molecule has 4 heterocycles. The molecule has 4 aliphatic heterocycles. The molecule has 4 aliphatic rings. The highest BCUT2D eigenvalue weighted by molar-refractivity contribution is 4.89. The quantitative estimate of drug-likeness (QED) is 0.751. The van der Waals surface area contributed by atoms with Gasteiger partial charge in [0.1, 0.15) is 0 Å². The molecule has 0 aliphatic carbocycles. The molecule has 20 heavy (non-hydrogen) atoms. The van der Waals surface area contributed by atoms with Crippen molar-refractivity contribution in [3.63, 3.8) is 0 Å². The van der Waals surface area contributed by atoms with Crippen LogP contribution in [0.1, 0.15) is 32.1 Å². The van der Waals surface area contributed by atoms with Crippen LogP contribution in [-0.4, -0.2) is 85.3 Å². The molecule has 3 unspecified atom stereocenters. The normalized spacial score (nSPS) is 40.5. The van der Waals surface area contributed by atoms with Crippen molar-refractivity contribution in [1.29, 1.82) is 0 Å². The molecule has 114 valence electrons. The average Bonchev–Trinajstić information content (AvgIpc) is 2.95. The van der Waals surface area contributed by atoms with Crippen molar-refractivity contribution in [1.82, 2.24) is 14.7 Å². The third-order valence-corrected chi connectivity index (χ3v) is 5.84. The first kappa shape index (κ1) is 13.5. The summed E-state index contributed by atoms with van der Waals surface area (Å²) in [5.41, 5.74) is 0. The molecular formula is C16H29N3O. The molecule has 0 aromatic carbocycles. The van der Waals surface area contributed by atoms with Crippen molar-refractivity contribution in [2.45, 2.75) is 50.3 Å². The Bertz CT molecular complexity index is 338. The van der Waals surface area contributed by atoms with E-state index in [0.717, 1.165) is 25.2 Å². The van der Waals surface area contributed by atoms with Gasteiger partial charge in [0.15, 0.2) is 0 Å². The van der Waals surface area contributed by atoms with E-state index in [1.165, 1.54) is 71.4 Å². The Morgan fingerprint density at radius 1 is 0.800 bits per heavy atom. The van der Waals surface area contributed by atoms with E-state index in [1.54, 1.807) is 0 Å². The van der Waals surface area contributed by atoms with Crippen molar-refractivity contribution < 1.29 is 4.74 Å². The molecule has 0 amide bonds. The Balaban J connectivity index is 1.29. The summed E-state index contributed by atoms with van der Waals surface area (Å²) in [6, 6.07) is 1.57. The highest BCUT2D eigenvalue weighted by Gasteiger charge is 2.35. The maximum Gasteiger partial charge on any atom is 0.0829 e. The standard InChI is InChI=1S/C16H29N3O/c1-2-6-18-9-8-17(10-14(18)4-1)11-16-12-19-7-3-5-15(19)13-20-16/h14-16H,1-13H2. The fraction of sp³-hybridized carbons (Fsp3) is 1.00. The van der Waals surface area contributed by atoms with Gasteiger partial charge < -0.3 is 4.74 Å². The first-order valence-corrected chi connectivity index (χ1v) is 8.70. The van der Waals surface area contributed by atoms with Gasteiger partial charge in [-0.2, -0.15) is 0 Å². The first-order valence-electron chi connectivity index (χ1n) is 8.70. The zero-order chi connectivity index (χ0) is 13.4. The van der Waals surface area contributed by atoms with E-state index in [9.17, 15) is 0 Å². The van der Waals surface area contributed by atoms with Crippen LogP contribution < -0.4 is 0 Å². The number of ether oxygens (including phenoxy) is 1. The van der Waals surface area contributed by atoms with Gasteiger partial charge in [-0.15, -0.1) is 0 Å². The number of hydrogen-bond acceptors (Lipinski definition) is 4. The van der Waals surface area contributed by atoms with Crippen molar-refractivity contribution in [2.24, 2.45) is 0 Å². The van der Waals surface area contributed by atoms with Crippen molar-refractivity contribution in [3.8, 4) is 0 Å². The summed E-state index contributed by atoms with van der Waals surface area (Å²) in [7, 11) is 0. The maximum absolute atomic E-state index is 6.13. The Hall–Kier alpha value is -0.160. The van der Waals surface area contributed by atoms with E-state index >= 15 is 0 Å². The molecule has 0 radical (unpaired) electrons. The maximum atomic E-state index is 6.13. The Labute approximate surface area is 123 Å². The number of rotatable bonds is 2. The minimum Gasteiger partial charge on any atom is -0.374 e. The molecule has 4 fully saturated rings. The number of fused-ring (bicyclic) bond motifs is 2. The molecule has 4 nitrogen and oxygen atoms in total. The lowest BCUT2D eigenvalue weighted by Gasteiger charge is -2.45. The van der Waals surface area contributed by atoms with E-state index in [-0.39, 0.29) is 0 Å². The van der Waals surface area contributed by atoms with Crippen molar-refractivity contribution in [3.05, 3.63) is 0 Å².